The van der Waals surface area contributed by atoms with Crippen LogP contribution in [0.4, 0.5) is 0 Å². The van der Waals surface area contributed by atoms with Crippen LogP contribution < -0.4 is 5.32 Å². The lowest BCUT2D eigenvalue weighted by atomic mass is 9.86. The molecule has 0 aromatic heterocycles. The van der Waals surface area contributed by atoms with Crippen molar-refractivity contribution in [2.24, 2.45) is 5.92 Å². The zero-order valence-corrected chi connectivity index (χ0v) is 15.2. The molecule has 2 N–H and O–H groups in total. The van der Waals surface area contributed by atoms with E-state index in [1.165, 1.54) is 24.3 Å². The molecule has 0 heterocycles. The van der Waals surface area contributed by atoms with Crippen molar-refractivity contribution in [2.45, 2.75) is 56.4 Å². The first-order valence-electron chi connectivity index (χ1n) is 8.70. The molecule has 0 bridgehead atoms. The molecular weight excluding hydrogens is 342 g/mol. The van der Waals surface area contributed by atoms with Crippen LogP contribution in [0.5, 0.6) is 0 Å². The van der Waals surface area contributed by atoms with Crippen molar-refractivity contribution in [1.82, 2.24) is 5.32 Å². The van der Waals surface area contributed by atoms with Gasteiger partial charge in [-0.1, -0.05) is 13.3 Å². The topological polar surface area (TPSA) is 101 Å². The Bertz CT molecular complexity index is 703. The largest absolute Gasteiger partial charge is 0.481 e. The summed E-state index contributed by atoms with van der Waals surface area (Å²) in [6.45, 7) is 1.94. The van der Waals surface area contributed by atoms with E-state index < -0.39 is 15.8 Å². The molecular formula is C18H25NO5S. The SMILES string of the molecule is CCCCS(=O)(=O)c1ccc(C(=O)NC2CCC(C(=O)O)CC2)cc1. The molecule has 1 aromatic carbocycles. The average molecular weight is 367 g/mol. The number of sulfone groups is 1. The first kappa shape index (κ1) is 19.4. The quantitative estimate of drug-likeness (QED) is 0.771. The van der Waals surface area contributed by atoms with Gasteiger partial charge in [0.15, 0.2) is 9.84 Å². The molecule has 0 radical (unpaired) electrons. The number of carbonyl (C=O) groups is 2. The second-order valence-electron chi connectivity index (χ2n) is 6.56. The number of amides is 1. The summed E-state index contributed by atoms with van der Waals surface area (Å²) in [6.07, 6.45) is 3.84. The molecule has 1 saturated carbocycles. The summed E-state index contributed by atoms with van der Waals surface area (Å²) in [5.74, 6) is -1.23. The first-order chi connectivity index (χ1) is 11.8. The van der Waals surface area contributed by atoms with Crippen molar-refractivity contribution in [3.05, 3.63) is 29.8 Å². The van der Waals surface area contributed by atoms with Gasteiger partial charge < -0.3 is 10.4 Å². The van der Waals surface area contributed by atoms with Gasteiger partial charge in [-0.2, -0.15) is 0 Å². The van der Waals surface area contributed by atoms with Crippen LogP contribution >= 0.6 is 0 Å². The van der Waals surface area contributed by atoms with Crippen molar-refractivity contribution < 1.29 is 23.1 Å². The van der Waals surface area contributed by atoms with Crippen LogP contribution in [-0.2, 0) is 14.6 Å². The zero-order valence-electron chi connectivity index (χ0n) is 14.4. The highest BCUT2D eigenvalue weighted by Crippen LogP contribution is 2.24. The van der Waals surface area contributed by atoms with Crippen molar-refractivity contribution in [1.29, 1.82) is 0 Å². The van der Waals surface area contributed by atoms with Gasteiger partial charge in [0.05, 0.1) is 16.6 Å². The minimum Gasteiger partial charge on any atom is -0.481 e. The van der Waals surface area contributed by atoms with Crippen molar-refractivity contribution in [3.8, 4) is 0 Å². The van der Waals surface area contributed by atoms with E-state index in [-0.39, 0.29) is 28.5 Å². The highest BCUT2D eigenvalue weighted by Gasteiger charge is 2.27. The van der Waals surface area contributed by atoms with Gasteiger partial charge >= 0.3 is 5.97 Å². The normalized spacial score (nSPS) is 20.8. The van der Waals surface area contributed by atoms with E-state index in [4.69, 9.17) is 5.11 Å². The predicted octanol–water partition coefficient (Wildman–Crippen LogP) is 2.63. The molecule has 0 atom stereocenters. The van der Waals surface area contributed by atoms with Crippen LogP contribution in [0.3, 0.4) is 0 Å². The molecule has 1 amide bonds. The maximum absolute atomic E-state index is 12.3. The second-order valence-corrected chi connectivity index (χ2v) is 8.67. The number of hydrogen-bond donors (Lipinski definition) is 2. The highest BCUT2D eigenvalue weighted by molar-refractivity contribution is 7.91. The number of rotatable bonds is 7. The summed E-state index contributed by atoms with van der Waals surface area (Å²) in [5, 5.41) is 11.9. The zero-order chi connectivity index (χ0) is 18.4. The lowest BCUT2D eigenvalue weighted by molar-refractivity contribution is -0.142. The van der Waals surface area contributed by atoms with Crippen LogP contribution in [0.15, 0.2) is 29.2 Å². The minimum atomic E-state index is -3.29. The third kappa shape index (κ3) is 5.29. The Balaban J connectivity index is 1.94. The van der Waals surface area contributed by atoms with E-state index >= 15 is 0 Å². The van der Waals surface area contributed by atoms with Gasteiger partial charge in [-0.15, -0.1) is 0 Å². The summed E-state index contributed by atoms with van der Waals surface area (Å²) in [6, 6.07) is 5.97. The van der Waals surface area contributed by atoms with Gasteiger partial charge in [0.25, 0.3) is 5.91 Å². The van der Waals surface area contributed by atoms with Gasteiger partial charge in [-0.05, 0) is 56.4 Å². The lowest BCUT2D eigenvalue weighted by Crippen LogP contribution is -2.38. The van der Waals surface area contributed by atoms with E-state index in [0.29, 0.717) is 37.7 Å². The van der Waals surface area contributed by atoms with Crippen molar-refractivity contribution >= 4 is 21.7 Å². The third-order valence-corrected chi connectivity index (χ3v) is 6.47. The number of carbonyl (C=O) groups excluding carboxylic acids is 1. The number of unbranched alkanes of at least 4 members (excludes halogenated alkanes) is 1. The Labute approximate surface area is 148 Å². The van der Waals surface area contributed by atoms with Gasteiger partial charge in [0, 0.05) is 11.6 Å². The number of hydrogen-bond acceptors (Lipinski definition) is 4. The van der Waals surface area contributed by atoms with Crippen LogP contribution in [0.1, 0.15) is 55.8 Å². The van der Waals surface area contributed by atoms with E-state index in [9.17, 15) is 18.0 Å². The Morgan fingerprint density at radius 2 is 1.72 bits per heavy atom. The number of carboxylic acid groups (broad SMARTS) is 1. The fourth-order valence-corrected chi connectivity index (χ4v) is 4.47. The maximum atomic E-state index is 12.3. The van der Waals surface area contributed by atoms with E-state index in [2.05, 4.69) is 5.32 Å². The number of aliphatic carboxylic acids is 1. The summed E-state index contributed by atoms with van der Waals surface area (Å²) in [4.78, 5) is 23.5. The van der Waals surface area contributed by atoms with E-state index in [1.807, 2.05) is 6.92 Å². The summed E-state index contributed by atoms with van der Waals surface area (Å²) in [5.41, 5.74) is 0.412. The van der Waals surface area contributed by atoms with Crippen LogP contribution in [-0.4, -0.2) is 37.2 Å². The molecule has 1 fully saturated rings. The maximum Gasteiger partial charge on any atom is 0.306 e. The summed E-state index contributed by atoms with van der Waals surface area (Å²) >= 11 is 0. The molecule has 0 aliphatic heterocycles. The predicted molar refractivity (Wildman–Crippen MR) is 94.3 cm³/mol. The Morgan fingerprint density at radius 3 is 2.24 bits per heavy atom. The molecule has 0 spiro atoms. The van der Waals surface area contributed by atoms with Crippen molar-refractivity contribution in [3.63, 3.8) is 0 Å². The van der Waals surface area contributed by atoms with Crippen LogP contribution in [0.2, 0.25) is 0 Å². The molecule has 0 unspecified atom stereocenters. The third-order valence-electron chi connectivity index (χ3n) is 4.65. The fraction of sp³-hybridized carbons (Fsp3) is 0.556. The molecule has 0 saturated heterocycles. The summed E-state index contributed by atoms with van der Waals surface area (Å²) < 4.78 is 24.3. The Morgan fingerprint density at radius 1 is 1.12 bits per heavy atom. The van der Waals surface area contributed by atoms with E-state index in [0.717, 1.165) is 6.42 Å². The average Bonchev–Trinajstić information content (AvgIpc) is 2.60. The number of benzene rings is 1. The molecule has 138 valence electrons. The minimum absolute atomic E-state index is 0.0314. The van der Waals surface area contributed by atoms with Gasteiger partial charge in [0.2, 0.25) is 0 Å². The molecule has 6 nitrogen and oxygen atoms in total. The Hall–Kier alpha value is -1.89. The molecule has 25 heavy (non-hydrogen) atoms. The molecule has 7 heteroatoms. The summed E-state index contributed by atoms with van der Waals surface area (Å²) in [7, 11) is -3.29. The molecule has 1 aromatic rings. The first-order valence-corrected chi connectivity index (χ1v) is 10.3. The standard InChI is InChI=1S/C18H25NO5S/c1-2-3-12-25(23,24)16-10-6-13(7-11-16)17(20)19-15-8-4-14(5-9-15)18(21)22/h6-7,10-11,14-15H,2-5,8-9,12H2,1H3,(H,19,20)(H,21,22). The van der Waals surface area contributed by atoms with Gasteiger partial charge in [-0.3, -0.25) is 9.59 Å². The molecule has 1 aliphatic rings. The van der Waals surface area contributed by atoms with E-state index in [1.54, 1.807) is 0 Å². The van der Waals surface area contributed by atoms with Gasteiger partial charge in [-0.25, -0.2) is 8.42 Å². The van der Waals surface area contributed by atoms with Crippen LogP contribution in [0, 0.1) is 5.92 Å². The smallest absolute Gasteiger partial charge is 0.306 e. The fourth-order valence-electron chi connectivity index (χ4n) is 3.02. The molecule has 1 aliphatic carbocycles. The molecule has 2 rings (SSSR count). The number of nitrogens with one attached hydrogen (secondary N) is 1. The van der Waals surface area contributed by atoms with Crippen LogP contribution in [0.25, 0.3) is 0 Å². The number of carboxylic acids is 1. The highest BCUT2D eigenvalue weighted by atomic mass is 32.2. The Kier molecular flexibility index (Phi) is 6.58. The second kappa shape index (κ2) is 8.47. The van der Waals surface area contributed by atoms with Crippen molar-refractivity contribution in [2.75, 3.05) is 5.75 Å². The monoisotopic (exact) mass is 367 g/mol. The lowest BCUT2D eigenvalue weighted by Gasteiger charge is -2.26. The van der Waals surface area contributed by atoms with Gasteiger partial charge in [0.1, 0.15) is 0 Å².